The number of amides is 2. The van der Waals surface area contributed by atoms with E-state index in [0.717, 1.165) is 0 Å². The predicted molar refractivity (Wildman–Crippen MR) is 99.0 cm³/mol. The van der Waals surface area contributed by atoms with Gasteiger partial charge in [0, 0.05) is 12.1 Å². The first-order chi connectivity index (χ1) is 12.5. The number of aromatic amines is 1. The number of hydrogen-bond acceptors (Lipinski definition) is 5. The Labute approximate surface area is 155 Å². The first-order valence-electron chi connectivity index (χ1n) is 8.64. The second-order valence-corrected chi connectivity index (χ2v) is 7.75. The Morgan fingerprint density at radius 3 is 2.92 bits per heavy atom. The number of nitrogens with zero attached hydrogens (tertiary/aromatic N) is 2. The molecule has 0 aromatic carbocycles. The van der Waals surface area contributed by atoms with Gasteiger partial charge in [-0.15, -0.1) is 11.3 Å². The van der Waals surface area contributed by atoms with Crippen LogP contribution in [0.2, 0.25) is 0 Å². The molecule has 2 aromatic heterocycles. The highest BCUT2D eigenvalue weighted by Crippen LogP contribution is 2.17. The van der Waals surface area contributed by atoms with Crippen LogP contribution in [0.3, 0.4) is 0 Å². The molecular weight excluding hydrogens is 352 g/mol. The molecule has 0 saturated heterocycles. The van der Waals surface area contributed by atoms with Gasteiger partial charge in [-0.25, -0.2) is 4.98 Å². The molecule has 0 unspecified atom stereocenters. The highest BCUT2D eigenvalue weighted by molar-refractivity contribution is 7.12. The minimum Gasteiger partial charge on any atom is -0.340 e. The number of thiophene rings is 1. The maximum absolute atomic E-state index is 13.0. The van der Waals surface area contributed by atoms with Crippen LogP contribution >= 0.6 is 11.3 Å². The van der Waals surface area contributed by atoms with Crippen LogP contribution in [-0.2, 0) is 17.8 Å². The molecule has 1 aliphatic heterocycles. The van der Waals surface area contributed by atoms with Gasteiger partial charge >= 0.3 is 0 Å². The number of carbonyl (C=O) groups excluding carboxylic acids is 2. The molecule has 1 atom stereocenters. The van der Waals surface area contributed by atoms with Gasteiger partial charge in [0.1, 0.15) is 6.04 Å². The summed E-state index contributed by atoms with van der Waals surface area (Å²) in [5.41, 5.74) is 1.12. The van der Waals surface area contributed by atoms with Crippen LogP contribution in [0.1, 0.15) is 41.2 Å². The molecule has 3 heterocycles. The van der Waals surface area contributed by atoms with Crippen molar-refractivity contribution >= 4 is 23.2 Å². The van der Waals surface area contributed by atoms with Gasteiger partial charge in [-0.3, -0.25) is 14.4 Å². The molecule has 0 saturated carbocycles. The minimum atomic E-state index is -0.590. The maximum atomic E-state index is 13.0. The average Bonchev–Trinajstić information content (AvgIpc) is 3.15. The summed E-state index contributed by atoms with van der Waals surface area (Å²) < 4.78 is 0. The van der Waals surface area contributed by atoms with Crippen LogP contribution in [0.25, 0.3) is 0 Å². The minimum absolute atomic E-state index is 0.128. The molecule has 2 N–H and O–H groups in total. The maximum Gasteiger partial charge on any atom is 0.261 e. The molecule has 0 aliphatic carbocycles. The van der Waals surface area contributed by atoms with Gasteiger partial charge in [-0.1, -0.05) is 19.9 Å². The van der Waals surface area contributed by atoms with E-state index in [-0.39, 0.29) is 23.3 Å². The zero-order valence-electron chi connectivity index (χ0n) is 14.8. The van der Waals surface area contributed by atoms with E-state index in [4.69, 9.17) is 0 Å². The molecule has 0 radical (unpaired) electrons. The van der Waals surface area contributed by atoms with Crippen LogP contribution in [-0.4, -0.2) is 39.3 Å². The zero-order chi connectivity index (χ0) is 18.7. The Morgan fingerprint density at radius 1 is 1.42 bits per heavy atom. The third-order valence-corrected chi connectivity index (χ3v) is 5.25. The molecule has 0 spiro atoms. The van der Waals surface area contributed by atoms with E-state index in [9.17, 15) is 14.4 Å². The fraction of sp³-hybridized carbons (Fsp3) is 0.444. The molecule has 3 rings (SSSR count). The quantitative estimate of drug-likeness (QED) is 0.830. The monoisotopic (exact) mass is 374 g/mol. The number of carbonyl (C=O) groups is 2. The topological polar surface area (TPSA) is 95.2 Å². The van der Waals surface area contributed by atoms with Crippen molar-refractivity contribution in [3.8, 4) is 0 Å². The van der Waals surface area contributed by atoms with Crippen molar-refractivity contribution in [3.05, 3.63) is 50.3 Å². The highest BCUT2D eigenvalue weighted by Gasteiger charge is 2.30. The van der Waals surface area contributed by atoms with Gasteiger partial charge in [-0.05, 0) is 30.2 Å². The largest absolute Gasteiger partial charge is 0.340 e. The summed E-state index contributed by atoms with van der Waals surface area (Å²) in [7, 11) is 0. The molecular formula is C18H22N4O3S. The summed E-state index contributed by atoms with van der Waals surface area (Å²) in [4.78, 5) is 46.3. The first kappa shape index (κ1) is 18.3. The third-order valence-electron chi connectivity index (χ3n) is 4.38. The summed E-state index contributed by atoms with van der Waals surface area (Å²) >= 11 is 1.35. The standard InChI is InChI=1S/C18H22N4O3S/c1-11(2)8-13(21-17(24)15-4-3-7-26-15)18(25)22-6-5-12-14(9-22)19-10-20-16(12)23/h3-4,7,10-11,13H,5-6,8-9H2,1-2H3,(H,21,24)(H,19,20,23)/t13-/m1/s1. The summed E-state index contributed by atoms with van der Waals surface area (Å²) in [5.74, 6) is -0.104. The molecule has 26 heavy (non-hydrogen) atoms. The van der Waals surface area contributed by atoms with Crippen LogP contribution < -0.4 is 10.9 Å². The van der Waals surface area contributed by atoms with Crippen molar-refractivity contribution in [3.63, 3.8) is 0 Å². The van der Waals surface area contributed by atoms with Crippen molar-refractivity contribution in [2.45, 2.75) is 39.3 Å². The smallest absolute Gasteiger partial charge is 0.261 e. The van der Waals surface area contributed by atoms with Gasteiger partial charge in [0.15, 0.2) is 0 Å². The molecule has 0 fully saturated rings. The Hall–Kier alpha value is -2.48. The summed E-state index contributed by atoms with van der Waals surface area (Å²) in [6, 6.07) is 2.96. The lowest BCUT2D eigenvalue weighted by Gasteiger charge is -2.31. The SMILES string of the molecule is CC(C)C[C@@H](NC(=O)c1cccs1)C(=O)N1CCc2c(nc[nH]c2=O)C1. The Kier molecular flexibility index (Phi) is 5.51. The Morgan fingerprint density at radius 2 is 2.23 bits per heavy atom. The Bertz CT molecular complexity index is 844. The molecule has 2 amide bonds. The van der Waals surface area contributed by atoms with E-state index < -0.39 is 6.04 Å². The van der Waals surface area contributed by atoms with E-state index in [1.807, 2.05) is 25.3 Å². The Balaban J connectivity index is 1.75. The zero-order valence-corrected chi connectivity index (χ0v) is 15.6. The van der Waals surface area contributed by atoms with E-state index >= 15 is 0 Å². The first-order valence-corrected chi connectivity index (χ1v) is 9.52. The van der Waals surface area contributed by atoms with Gasteiger partial charge in [0.05, 0.1) is 23.4 Å². The molecule has 138 valence electrons. The van der Waals surface area contributed by atoms with Crippen molar-refractivity contribution < 1.29 is 9.59 Å². The number of hydrogen-bond donors (Lipinski definition) is 2. The highest BCUT2D eigenvalue weighted by atomic mass is 32.1. The number of fused-ring (bicyclic) bond motifs is 1. The molecule has 8 heteroatoms. The number of aromatic nitrogens is 2. The predicted octanol–water partition coefficient (Wildman–Crippen LogP) is 1.56. The average molecular weight is 374 g/mol. The van der Waals surface area contributed by atoms with E-state index in [1.165, 1.54) is 17.7 Å². The van der Waals surface area contributed by atoms with Crippen molar-refractivity contribution in [2.24, 2.45) is 5.92 Å². The second kappa shape index (κ2) is 7.82. The number of H-pyrrole nitrogens is 1. The van der Waals surface area contributed by atoms with Gasteiger partial charge in [0.2, 0.25) is 5.91 Å². The fourth-order valence-corrected chi connectivity index (χ4v) is 3.73. The molecule has 2 aromatic rings. The summed E-state index contributed by atoms with van der Waals surface area (Å²) in [6.45, 7) is 4.78. The lowest BCUT2D eigenvalue weighted by molar-refractivity contribution is -0.134. The van der Waals surface area contributed by atoms with Gasteiger partial charge in [-0.2, -0.15) is 0 Å². The summed E-state index contributed by atoms with van der Waals surface area (Å²) in [5, 5.41) is 4.71. The van der Waals surface area contributed by atoms with Gasteiger partial charge < -0.3 is 15.2 Å². The van der Waals surface area contributed by atoms with E-state index in [0.29, 0.717) is 42.1 Å². The van der Waals surface area contributed by atoms with E-state index in [2.05, 4.69) is 15.3 Å². The number of rotatable bonds is 5. The van der Waals surface area contributed by atoms with Crippen molar-refractivity contribution in [1.82, 2.24) is 20.2 Å². The summed E-state index contributed by atoms with van der Waals surface area (Å²) in [6.07, 6.45) is 2.39. The third kappa shape index (κ3) is 4.01. The number of nitrogens with one attached hydrogen (secondary N) is 2. The van der Waals surface area contributed by atoms with Gasteiger partial charge in [0.25, 0.3) is 11.5 Å². The lowest BCUT2D eigenvalue weighted by Crippen LogP contribution is -2.50. The second-order valence-electron chi connectivity index (χ2n) is 6.80. The van der Waals surface area contributed by atoms with Crippen LogP contribution in [0.5, 0.6) is 0 Å². The van der Waals surface area contributed by atoms with E-state index in [1.54, 1.807) is 11.0 Å². The normalized spacial score (nSPS) is 14.8. The van der Waals surface area contributed by atoms with Crippen molar-refractivity contribution in [2.75, 3.05) is 6.54 Å². The van der Waals surface area contributed by atoms with Crippen molar-refractivity contribution in [1.29, 1.82) is 0 Å². The molecule has 7 nitrogen and oxygen atoms in total. The van der Waals surface area contributed by atoms with Crippen LogP contribution in [0.15, 0.2) is 28.6 Å². The van der Waals surface area contributed by atoms with Crippen LogP contribution in [0.4, 0.5) is 0 Å². The fourth-order valence-electron chi connectivity index (χ4n) is 3.10. The molecule has 0 bridgehead atoms. The molecule has 1 aliphatic rings. The van der Waals surface area contributed by atoms with Crippen LogP contribution in [0, 0.1) is 5.92 Å². The lowest BCUT2D eigenvalue weighted by atomic mass is 10.0.